The number of aryl methyl sites for hydroxylation is 1. The van der Waals surface area contributed by atoms with Crippen LogP contribution in [0.4, 0.5) is 0 Å². The molecule has 8 heteroatoms. The Balaban J connectivity index is 2.27. The quantitative estimate of drug-likeness (QED) is 0.824. The third kappa shape index (κ3) is 2.85. The molecular formula is C12H20N4O3S. The number of amides is 1. The number of hydrogen-bond donors (Lipinski definition) is 2. The highest BCUT2D eigenvalue weighted by Crippen LogP contribution is 2.27. The van der Waals surface area contributed by atoms with Crippen molar-refractivity contribution in [2.45, 2.75) is 37.5 Å². The first-order valence-electron chi connectivity index (χ1n) is 6.70. The first-order valence-corrected chi connectivity index (χ1v) is 8.24. The van der Waals surface area contributed by atoms with Gasteiger partial charge >= 0.3 is 0 Å². The fourth-order valence-corrected chi connectivity index (χ4v) is 3.32. The predicted molar refractivity (Wildman–Crippen MR) is 73.6 cm³/mol. The fourth-order valence-electron chi connectivity index (χ4n) is 2.39. The fraction of sp³-hybridized carbons (Fsp3) is 0.667. The minimum Gasteiger partial charge on any atom is -0.340 e. The van der Waals surface area contributed by atoms with Crippen LogP contribution in [-0.2, 0) is 16.4 Å². The summed E-state index contributed by atoms with van der Waals surface area (Å²) in [4.78, 5) is 13.7. The lowest BCUT2D eigenvalue weighted by Gasteiger charge is -2.29. The number of rotatable bonds is 5. The third-order valence-electron chi connectivity index (χ3n) is 3.74. The van der Waals surface area contributed by atoms with E-state index in [1.165, 1.54) is 11.3 Å². The van der Waals surface area contributed by atoms with Crippen molar-refractivity contribution in [3.63, 3.8) is 0 Å². The molecule has 1 aliphatic carbocycles. The number of nitrogens with zero attached hydrogens (tertiary/aromatic N) is 2. The summed E-state index contributed by atoms with van der Waals surface area (Å²) < 4.78 is 23.3. The summed E-state index contributed by atoms with van der Waals surface area (Å²) in [6.45, 7) is 2.39. The normalized spacial score (nSPS) is 15.9. The number of nitrogens with one attached hydrogen (secondary N) is 1. The Labute approximate surface area is 118 Å². The van der Waals surface area contributed by atoms with Crippen molar-refractivity contribution < 1.29 is 13.2 Å². The summed E-state index contributed by atoms with van der Waals surface area (Å²) in [5.41, 5.74) is 0.263. The summed E-state index contributed by atoms with van der Waals surface area (Å²) in [6, 6.07) is 0. The van der Waals surface area contributed by atoms with Crippen molar-refractivity contribution in [2.24, 2.45) is 11.1 Å². The first kappa shape index (κ1) is 15.0. The van der Waals surface area contributed by atoms with Gasteiger partial charge in [-0.3, -0.25) is 9.89 Å². The van der Waals surface area contributed by atoms with Crippen LogP contribution in [0, 0.1) is 5.92 Å². The second-order valence-electron chi connectivity index (χ2n) is 5.26. The Kier molecular flexibility index (Phi) is 4.14. The van der Waals surface area contributed by atoms with Gasteiger partial charge in [-0.05, 0) is 25.2 Å². The summed E-state index contributed by atoms with van der Waals surface area (Å²) in [7, 11) is -2.31. The second kappa shape index (κ2) is 5.53. The summed E-state index contributed by atoms with van der Waals surface area (Å²) >= 11 is 0. The molecule has 0 spiro atoms. The molecule has 0 aliphatic heterocycles. The summed E-state index contributed by atoms with van der Waals surface area (Å²) in [5, 5.41) is 11.6. The second-order valence-corrected chi connectivity index (χ2v) is 6.76. The molecule has 2 rings (SSSR count). The zero-order valence-electron chi connectivity index (χ0n) is 11.7. The van der Waals surface area contributed by atoms with Gasteiger partial charge < -0.3 is 4.90 Å². The Hall–Kier alpha value is -1.41. The van der Waals surface area contributed by atoms with E-state index in [-0.39, 0.29) is 10.6 Å². The van der Waals surface area contributed by atoms with E-state index in [2.05, 4.69) is 10.2 Å². The van der Waals surface area contributed by atoms with Crippen molar-refractivity contribution in [1.82, 2.24) is 15.1 Å². The van der Waals surface area contributed by atoms with Gasteiger partial charge in [0.1, 0.15) is 4.90 Å². The van der Waals surface area contributed by atoms with Gasteiger partial charge in [0.05, 0.1) is 5.69 Å². The predicted octanol–water partition coefficient (Wildman–Crippen LogP) is 0.492. The van der Waals surface area contributed by atoms with Crippen LogP contribution in [0.5, 0.6) is 0 Å². The molecule has 7 nitrogen and oxygen atoms in total. The standard InChI is InChI=1S/C12H20N4O3S/c1-3-9-11(20(13,18)19)10(15-14-9)12(17)16(2)7-8-5-4-6-8/h8H,3-7H2,1-2H3,(H,14,15)(H2,13,18,19). The molecule has 0 aromatic carbocycles. The molecule has 112 valence electrons. The van der Waals surface area contributed by atoms with E-state index in [0.717, 1.165) is 12.8 Å². The molecule has 3 N–H and O–H groups in total. The van der Waals surface area contributed by atoms with Gasteiger partial charge in [-0.25, -0.2) is 13.6 Å². The highest BCUT2D eigenvalue weighted by Gasteiger charge is 2.30. The van der Waals surface area contributed by atoms with Gasteiger partial charge in [0, 0.05) is 13.6 Å². The van der Waals surface area contributed by atoms with Crippen LogP contribution < -0.4 is 5.14 Å². The Morgan fingerprint density at radius 2 is 2.15 bits per heavy atom. The van der Waals surface area contributed by atoms with Crippen LogP contribution in [0.25, 0.3) is 0 Å². The Morgan fingerprint density at radius 3 is 2.60 bits per heavy atom. The van der Waals surface area contributed by atoms with Crippen LogP contribution in [-0.4, -0.2) is 43.0 Å². The van der Waals surface area contributed by atoms with Crippen LogP contribution in [0.15, 0.2) is 4.90 Å². The molecule has 0 bridgehead atoms. The molecule has 0 radical (unpaired) electrons. The maximum absolute atomic E-state index is 12.3. The summed E-state index contributed by atoms with van der Waals surface area (Å²) in [5.74, 6) is 0.100. The lowest BCUT2D eigenvalue weighted by atomic mass is 9.85. The number of H-pyrrole nitrogens is 1. The molecule has 20 heavy (non-hydrogen) atoms. The molecule has 0 unspecified atom stereocenters. The van der Waals surface area contributed by atoms with E-state index in [1.807, 2.05) is 0 Å². The number of primary sulfonamides is 1. The van der Waals surface area contributed by atoms with Crippen LogP contribution in [0.1, 0.15) is 42.4 Å². The minimum atomic E-state index is -3.97. The number of carbonyl (C=O) groups excluding carboxylic acids is 1. The zero-order valence-corrected chi connectivity index (χ0v) is 12.5. The van der Waals surface area contributed by atoms with Gasteiger partial charge in [-0.1, -0.05) is 13.3 Å². The summed E-state index contributed by atoms with van der Waals surface area (Å²) in [6.07, 6.45) is 3.83. The van der Waals surface area contributed by atoms with Crippen LogP contribution in [0.2, 0.25) is 0 Å². The molecule has 1 saturated carbocycles. The van der Waals surface area contributed by atoms with Gasteiger partial charge in [-0.15, -0.1) is 0 Å². The highest BCUT2D eigenvalue weighted by molar-refractivity contribution is 7.89. The van der Waals surface area contributed by atoms with Crippen molar-refractivity contribution in [3.8, 4) is 0 Å². The number of aromatic nitrogens is 2. The van der Waals surface area contributed by atoms with Crippen LogP contribution in [0.3, 0.4) is 0 Å². The van der Waals surface area contributed by atoms with Gasteiger partial charge in [0.25, 0.3) is 5.91 Å². The first-order chi connectivity index (χ1) is 9.34. The SMILES string of the molecule is CCc1[nH]nc(C(=O)N(C)CC2CCC2)c1S(N)(=O)=O. The van der Waals surface area contributed by atoms with Crippen molar-refractivity contribution >= 4 is 15.9 Å². The number of aromatic amines is 1. The number of sulfonamides is 1. The molecule has 1 aromatic heterocycles. The lowest BCUT2D eigenvalue weighted by Crippen LogP contribution is -2.35. The topological polar surface area (TPSA) is 109 Å². The Morgan fingerprint density at radius 1 is 1.50 bits per heavy atom. The molecule has 1 amide bonds. The van der Waals surface area contributed by atoms with E-state index in [4.69, 9.17) is 5.14 Å². The average Bonchev–Trinajstić information content (AvgIpc) is 2.76. The van der Waals surface area contributed by atoms with Crippen molar-refractivity contribution in [2.75, 3.05) is 13.6 Å². The van der Waals surface area contributed by atoms with E-state index >= 15 is 0 Å². The Bertz CT molecular complexity index is 604. The maximum atomic E-state index is 12.3. The number of nitrogens with two attached hydrogens (primary N) is 1. The minimum absolute atomic E-state index is 0.105. The maximum Gasteiger partial charge on any atom is 0.275 e. The van der Waals surface area contributed by atoms with Gasteiger partial charge in [0.2, 0.25) is 10.0 Å². The van der Waals surface area contributed by atoms with E-state index in [9.17, 15) is 13.2 Å². The monoisotopic (exact) mass is 300 g/mol. The van der Waals surface area contributed by atoms with Crippen LogP contribution >= 0.6 is 0 Å². The average molecular weight is 300 g/mol. The number of hydrogen-bond acceptors (Lipinski definition) is 4. The van der Waals surface area contributed by atoms with Crippen molar-refractivity contribution in [1.29, 1.82) is 0 Å². The number of carbonyl (C=O) groups is 1. The van der Waals surface area contributed by atoms with Gasteiger partial charge in [-0.2, -0.15) is 5.10 Å². The molecule has 1 heterocycles. The molecule has 1 aliphatic rings. The lowest BCUT2D eigenvalue weighted by molar-refractivity contribution is 0.0735. The van der Waals surface area contributed by atoms with E-state index in [1.54, 1.807) is 14.0 Å². The third-order valence-corrected chi connectivity index (χ3v) is 4.74. The molecule has 0 atom stereocenters. The van der Waals surface area contributed by atoms with Gasteiger partial charge in [0.15, 0.2) is 5.69 Å². The molecular weight excluding hydrogens is 280 g/mol. The smallest absolute Gasteiger partial charge is 0.275 e. The van der Waals surface area contributed by atoms with E-state index < -0.39 is 15.9 Å². The molecule has 0 saturated heterocycles. The van der Waals surface area contributed by atoms with Crippen molar-refractivity contribution in [3.05, 3.63) is 11.4 Å². The zero-order chi connectivity index (χ0) is 14.9. The molecule has 1 aromatic rings. The largest absolute Gasteiger partial charge is 0.340 e. The highest BCUT2D eigenvalue weighted by atomic mass is 32.2. The molecule has 1 fully saturated rings. The van der Waals surface area contributed by atoms with E-state index in [0.29, 0.717) is 24.6 Å².